The molecule has 8 heteroatoms. The van der Waals surface area contributed by atoms with Crippen LogP contribution in [0, 0.1) is 14.9 Å². The number of nitrogens with one attached hydrogen (secondary N) is 1. The molecular weight excluding hydrogens is 537 g/mol. The minimum absolute atomic E-state index is 0.264. The van der Waals surface area contributed by atoms with Crippen molar-refractivity contribution in [2.24, 2.45) is 5.10 Å². The summed E-state index contributed by atoms with van der Waals surface area (Å²) in [6.07, 6.45) is 1.41. The van der Waals surface area contributed by atoms with Gasteiger partial charge in [0, 0.05) is 13.6 Å². The van der Waals surface area contributed by atoms with Gasteiger partial charge >= 0.3 is 0 Å². The number of amides is 1. The van der Waals surface area contributed by atoms with Crippen LogP contribution in [0.15, 0.2) is 68.6 Å². The first-order valence-electron chi connectivity index (χ1n) is 8.05. The molecule has 3 aromatic rings. The Hall–Kier alpha value is -2.64. The number of nitriles is 1. The van der Waals surface area contributed by atoms with Crippen LogP contribution in [0.4, 0.5) is 0 Å². The summed E-state index contributed by atoms with van der Waals surface area (Å²) in [6, 6.07) is 18.5. The van der Waals surface area contributed by atoms with Gasteiger partial charge in [0.25, 0.3) is 5.91 Å². The van der Waals surface area contributed by atoms with E-state index in [0.29, 0.717) is 22.8 Å². The summed E-state index contributed by atoms with van der Waals surface area (Å²) in [6.45, 7) is -0.264. The standard InChI is InChI=1S/C20H13BrIN3O3/c21-15-3-7-18(14(9-15)10-23)27-12-20(26)25-24-11-17-6-8-19(28-17)13-1-4-16(22)5-2-13/h1-9,11H,12H2,(H,25,26)/b24-11-. The average Bonchev–Trinajstić information content (AvgIpc) is 3.16. The normalized spacial score (nSPS) is 10.6. The molecule has 0 saturated carbocycles. The second-order valence-corrected chi connectivity index (χ2v) is 7.70. The quantitative estimate of drug-likeness (QED) is 0.274. The van der Waals surface area contributed by atoms with Crippen molar-refractivity contribution in [3.8, 4) is 23.1 Å². The Bertz CT molecular complexity index is 1060. The van der Waals surface area contributed by atoms with Crippen molar-refractivity contribution in [3.63, 3.8) is 0 Å². The fourth-order valence-electron chi connectivity index (χ4n) is 2.25. The van der Waals surface area contributed by atoms with Gasteiger partial charge in [0.05, 0.1) is 11.8 Å². The molecule has 0 fully saturated rings. The molecule has 0 unspecified atom stereocenters. The lowest BCUT2D eigenvalue weighted by Crippen LogP contribution is -2.24. The van der Waals surface area contributed by atoms with Crippen molar-refractivity contribution in [3.05, 3.63) is 74.0 Å². The second-order valence-electron chi connectivity index (χ2n) is 5.54. The lowest BCUT2D eigenvalue weighted by molar-refractivity contribution is -0.123. The molecule has 1 N–H and O–H groups in total. The van der Waals surface area contributed by atoms with E-state index >= 15 is 0 Å². The van der Waals surface area contributed by atoms with Gasteiger partial charge in [-0.1, -0.05) is 28.1 Å². The van der Waals surface area contributed by atoms with E-state index in [9.17, 15) is 4.79 Å². The first-order chi connectivity index (χ1) is 13.5. The van der Waals surface area contributed by atoms with Crippen LogP contribution >= 0.6 is 38.5 Å². The minimum Gasteiger partial charge on any atom is -0.482 e. The van der Waals surface area contributed by atoms with Gasteiger partial charge in [-0.2, -0.15) is 10.4 Å². The number of hydrogen-bond donors (Lipinski definition) is 1. The summed E-state index contributed by atoms with van der Waals surface area (Å²) in [5.74, 6) is 1.10. The molecule has 2 aromatic carbocycles. The molecule has 0 aliphatic carbocycles. The average molecular weight is 550 g/mol. The first-order valence-corrected chi connectivity index (χ1v) is 9.92. The fraction of sp³-hybridized carbons (Fsp3) is 0.0500. The number of hydrazone groups is 1. The Morgan fingerprint density at radius 3 is 2.79 bits per heavy atom. The third-order valence-corrected chi connectivity index (χ3v) is 4.77. The number of carbonyl (C=O) groups excluding carboxylic acids is 1. The van der Waals surface area contributed by atoms with E-state index in [2.05, 4.69) is 49.0 Å². The summed E-state index contributed by atoms with van der Waals surface area (Å²) in [5, 5.41) is 12.9. The summed E-state index contributed by atoms with van der Waals surface area (Å²) in [7, 11) is 0. The van der Waals surface area contributed by atoms with Crippen LogP contribution in [-0.4, -0.2) is 18.7 Å². The number of rotatable bonds is 6. The molecule has 0 atom stereocenters. The highest BCUT2D eigenvalue weighted by Gasteiger charge is 2.07. The number of hydrogen-bond acceptors (Lipinski definition) is 5. The molecule has 140 valence electrons. The predicted molar refractivity (Wildman–Crippen MR) is 117 cm³/mol. The number of carbonyl (C=O) groups is 1. The summed E-state index contributed by atoms with van der Waals surface area (Å²) >= 11 is 5.52. The number of furan rings is 1. The van der Waals surface area contributed by atoms with Crippen LogP contribution in [0.1, 0.15) is 11.3 Å². The van der Waals surface area contributed by atoms with Crippen molar-refractivity contribution in [2.45, 2.75) is 0 Å². The number of nitrogens with zero attached hydrogens (tertiary/aromatic N) is 2. The summed E-state index contributed by atoms with van der Waals surface area (Å²) < 4.78 is 13.0. The second kappa shape index (κ2) is 9.52. The maximum atomic E-state index is 11.9. The van der Waals surface area contributed by atoms with Crippen molar-refractivity contribution < 1.29 is 13.9 Å². The lowest BCUT2D eigenvalue weighted by Gasteiger charge is -2.06. The van der Waals surface area contributed by atoms with Crippen molar-refractivity contribution >= 4 is 50.6 Å². The van der Waals surface area contributed by atoms with E-state index < -0.39 is 5.91 Å². The van der Waals surface area contributed by atoms with Gasteiger partial charge in [-0.05, 0) is 65.1 Å². The Kier molecular flexibility index (Phi) is 6.84. The third kappa shape index (κ3) is 5.43. The van der Waals surface area contributed by atoms with E-state index in [1.807, 2.05) is 36.4 Å². The molecular formula is C20H13BrIN3O3. The number of halogens is 2. The van der Waals surface area contributed by atoms with Gasteiger partial charge in [-0.15, -0.1) is 0 Å². The first kappa shape index (κ1) is 20.1. The molecule has 1 aromatic heterocycles. The molecule has 0 aliphatic rings. The van der Waals surface area contributed by atoms with Gasteiger partial charge in [0.2, 0.25) is 0 Å². The topological polar surface area (TPSA) is 87.6 Å². The fourth-order valence-corrected chi connectivity index (χ4v) is 2.97. The molecule has 0 radical (unpaired) electrons. The minimum atomic E-state index is -0.451. The SMILES string of the molecule is N#Cc1cc(Br)ccc1OCC(=O)N/N=C\c1ccc(-c2ccc(I)cc2)o1. The summed E-state index contributed by atoms with van der Waals surface area (Å²) in [4.78, 5) is 11.9. The Labute approximate surface area is 183 Å². The van der Waals surface area contributed by atoms with Gasteiger partial charge in [0.15, 0.2) is 6.61 Å². The van der Waals surface area contributed by atoms with E-state index in [-0.39, 0.29) is 6.61 Å². The van der Waals surface area contributed by atoms with Crippen molar-refractivity contribution in [1.29, 1.82) is 5.26 Å². The van der Waals surface area contributed by atoms with Crippen molar-refractivity contribution in [2.75, 3.05) is 6.61 Å². The van der Waals surface area contributed by atoms with Gasteiger partial charge < -0.3 is 9.15 Å². The molecule has 3 rings (SSSR count). The van der Waals surface area contributed by atoms with Crippen LogP contribution in [0.25, 0.3) is 11.3 Å². The number of ether oxygens (including phenoxy) is 1. The van der Waals surface area contributed by atoms with E-state index in [1.54, 1.807) is 24.3 Å². The van der Waals surface area contributed by atoms with Crippen LogP contribution in [0.3, 0.4) is 0 Å². The third-order valence-electron chi connectivity index (χ3n) is 3.56. The van der Waals surface area contributed by atoms with Crippen LogP contribution in [0.5, 0.6) is 5.75 Å². The molecule has 28 heavy (non-hydrogen) atoms. The number of benzene rings is 2. The van der Waals surface area contributed by atoms with Crippen molar-refractivity contribution in [1.82, 2.24) is 5.43 Å². The Morgan fingerprint density at radius 2 is 2.04 bits per heavy atom. The maximum absolute atomic E-state index is 11.9. The molecule has 0 aliphatic heterocycles. The van der Waals surface area contributed by atoms with E-state index in [1.165, 1.54) is 6.21 Å². The predicted octanol–water partition coefficient (Wildman–Crippen LogP) is 4.71. The van der Waals surface area contributed by atoms with Crippen LogP contribution in [-0.2, 0) is 4.79 Å². The maximum Gasteiger partial charge on any atom is 0.277 e. The molecule has 0 bridgehead atoms. The van der Waals surface area contributed by atoms with E-state index in [4.69, 9.17) is 14.4 Å². The largest absolute Gasteiger partial charge is 0.482 e. The Balaban J connectivity index is 1.53. The lowest BCUT2D eigenvalue weighted by atomic mass is 10.2. The van der Waals surface area contributed by atoms with E-state index in [0.717, 1.165) is 13.6 Å². The molecule has 0 spiro atoms. The van der Waals surface area contributed by atoms with Crippen LogP contribution in [0.2, 0.25) is 0 Å². The summed E-state index contributed by atoms with van der Waals surface area (Å²) in [5.41, 5.74) is 3.66. The van der Waals surface area contributed by atoms with Gasteiger partial charge in [0.1, 0.15) is 23.3 Å². The highest BCUT2D eigenvalue weighted by atomic mass is 127. The monoisotopic (exact) mass is 549 g/mol. The zero-order valence-corrected chi connectivity index (χ0v) is 18.1. The Morgan fingerprint density at radius 1 is 1.25 bits per heavy atom. The zero-order chi connectivity index (χ0) is 19.9. The van der Waals surface area contributed by atoms with Gasteiger partial charge in [-0.3, -0.25) is 4.79 Å². The highest BCUT2D eigenvalue weighted by molar-refractivity contribution is 14.1. The molecule has 6 nitrogen and oxygen atoms in total. The smallest absolute Gasteiger partial charge is 0.277 e. The molecule has 0 saturated heterocycles. The highest BCUT2D eigenvalue weighted by Crippen LogP contribution is 2.23. The van der Waals surface area contributed by atoms with Gasteiger partial charge in [-0.25, -0.2) is 5.43 Å². The van der Waals surface area contributed by atoms with Crippen LogP contribution < -0.4 is 10.2 Å². The molecule has 1 amide bonds. The zero-order valence-electron chi connectivity index (χ0n) is 14.4. The molecule has 1 heterocycles.